The van der Waals surface area contributed by atoms with Crippen molar-refractivity contribution in [3.63, 3.8) is 0 Å². The standard InChI is InChI=1S/C24H19NO3/c26-24(27)10-5-13-25-20-12-11-16-6-1-3-8-18(16)19(20)15-21(25)23-14-17-7-2-4-9-22(17)28-23/h1-10,14-15H,11-13H2,(H,26,27)/b10-5+. The summed E-state index contributed by atoms with van der Waals surface area (Å²) in [6.45, 7) is 0.496. The second-order valence-electron chi connectivity index (χ2n) is 7.05. The van der Waals surface area contributed by atoms with Crippen LogP contribution in [0.25, 0.3) is 33.6 Å². The summed E-state index contributed by atoms with van der Waals surface area (Å²) in [5.41, 5.74) is 6.87. The van der Waals surface area contributed by atoms with Gasteiger partial charge >= 0.3 is 5.97 Å². The van der Waals surface area contributed by atoms with Crippen LogP contribution in [0.5, 0.6) is 0 Å². The van der Waals surface area contributed by atoms with Crippen molar-refractivity contribution in [1.29, 1.82) is 0 Å². The molecule has 0 fully saturated rings. The first-order valence-corrected chi connectivity index (χ1v) is 9.40. The molecule has 1 aliphatic carbocycles. The smallest absolute Gasteiger partial charge is 0.328 e. The number of aromatic nitrogens is 1. The lowest BCUT2D eigenvalue weighted by molar-refractivity contribution is -0.131. The van der Waals surface area contributed by atoms with Gasteiger partial charge in [-0.05, 0) is 42.2 Å². The SMILES string of the molecule is O=C(O)/C=C/Cn1c(-c2cc3ccccc3o2)cc2c1CCc1ccccc1-2. The first kappa shape index (κ1) is 16.6. The van der Waals surface area contributed by atoms with Crippen LogP contribution in [0.4, 0.5) is 0 Å². The summed E-state index contributed by atoms with van der Waals surface area (Å²) < 4.78 is 8.31. The number of carbonyl (C=O) groups is 1. The number of allylic oxidation sites excluding steroid dienone is 1. The van der Waals surface area contributed by atoms with Crippen molar-refractivity contribution in [2.24, 2.45) is 0 Å². The molecule has 2 aromatic heterocycles. The molecular weight excluding hydrogens is 350 g/mol. The topological polar surface area (TPSA) is 55.4 Å². The largest absolute Gasteiger partial charge is 0.478 e. The van der Waals surface area contributed by atoms with Crippen LogP contribution in [0.1, 0.15) is 11.3 Å². The minimum Gasteiger partial charge on any atom is -0.478 e. The molecule has 0 bridgehead atoms. The Hall–Kier alpha value is -3.53. The number of benzene rings is 2. The Morgan fingerprint density at radius 2 is 1.86 bits per heavy atom. The molecule has 2 heterocycles. The molecule has 0 radical (unpaired) electrons. The maximum absolute atomic E-state index is 10.9. The lowest BCUT2D eigenvalue weighted by atomic mass is 9.90. The number of hydrogen-bond donors (Lipinski definition) is 1. The Balaban J connectivity index is 1.69. The number of hydrogen-bond acceptors (Lipinski definition) is 2. The molecule has 0 atom stereocenters. The van der Waals surface area contributed by atoms with Gasteiger partial charge in [-0.15, -0.1) is 0 Å². The van der Waals surface area contributed by atoms with E-state index in [9.17, 15) is 4.79 Å². The van der Waals surface area contributed by atoms with Crippen molar-refractivity contribution in [2.45, 2.75) is 19.4 Å². The number of aliphatic carboxylic acids is 1. The number of furan rings is 1. The number of nitrogens with zero attached hydrogens (tertiary/aromatic N) is 1. The van der Waals surface area contributed by atoms with E-state index in [2.05, 4.69) is 41.0 Å². The highest BCUT2D eigenvalue weighted by atomic mass is 16.4. The second kappa shape index (κ2) is 6.57. The van der Waals surface area contributed by atoms with Gasteiger partial charge in [-0.3, -0.25) is 0 Å². The highest BCUT2D eigenvalue weighted by Crippen LogP contribution is 2.40. The zero-order chi connectivity index (χ0) is 19.1. The molecule has 4 aromatic rings. The predicted octanol–water partition coefficient (Wildman–Crippen LogP) is 5.31. The molecule has 28 heavy (non-hydrogen) atoms. The Kier molecular flexibility index (Phi) is 3.90. The highest BCUT2D eigenvalue weighted by molar-refractivity contribution is 5.84. The van der Waals surface area contributed by atoms with E-state index in [-0.39, 0.29) is 0 Å². The fraction of sp³-hybridized carbons (Fsp3) is 0.125. The number of carboxylic acids is 1. The summed E-state index contributed by atoms with van der Waals surface area (Å²) in [5.74, 6) is -0.131. The summed E-state index contributed by atoms with van der Waals surface area (Å²) >= 11 is 0. The van der Waals surface area contributed by atoms with Crippen molar-refractivity contribution < 1.29 is 14.3 Å². The van der Waals surface area contributed by atoms with E-state index < -0.39 is 5.97 Å². The van der Waals surface area contributed by atoms with E-state index in [1.165, 1.54) is 28.5 Å². The maximum atomic E-state index is 10.9. The van der Waals surface area contributed by atoms with Crippen molar-refractivity contribution in [3.8, 4) is 22.6 Å². The third kappa shape index (κ3) is 2.74. The molecular formula is C24H19NO3. The molecule has 2 aromatic carbocycles. The molecule has 4 nitrogen and oxygen atoms in total. The van der Waals surface area contributed by atoms with Crippen LogP contribution >= 0.6 is 0 Å². The molecule has 0 amide bonds. The first-order valence-electron chi connectivity index (χ1n) is 9.40. The highest BCUT2D eigenvalue weighted by Gasteiger charge is 2.23. The van der Waals surface area contributed by atoms with Crippen LogP contribution in [-0.4, -0.2) is 15.6 Å². The molecule has 0 saturated heterocycles. The molecule has 4 heteroatoms. The quantitative estimate of drug-likeness (QED) is 0.496. The second-order valence-corrected chi connectivity index (χ2v) is 7.05. The van der Waals surface area contributed by atoms with Crippen molar-refractivity contribution in [3.05, 3.63) is 84.1 Å². The van der Waals surface area contributed by atoms with Gasteiger partial charge in [0.05, 0.1) is 5.69 Å². The third-order valence-electron chi connectivity index (χ3n) is 5.37. The Labute approximate surface area is 162 Å². The molecule has 0 saturated carbocycles. The summed E-state index contributed by atoms with van der Waals surface area (Å²) in [6, 6.07) is 20.7. The summed E-state index contributed by atoms with van der Waals surface area (Å²) in [5, 5.41) is 10.0. The molecule has 0 aliphatic heterocycles. The van der Waals surface area contributed by atoms with Gasteiger partial charge in [0.1, 0.15) is 5.58 Å². The lowest BCUT2D eigenvalue weighted by Crippen LogP contribution is -2.09. The van der Waals surface area contributed by atoms with Gasteiger partial charge < -0.3 is 14.1 Å². The summed E-state index contributed by atoms with van der Waals surface area (Å²) in [4.78, 5) is 10.9. The third-order valence-corrected chi connectivity index (χ3v) is 5.37. The average molecular weight is 369 g/mol. The van der Waals surface area contributed by atoms with Crippen molar-refractivity contribution in [1.82, 2.24) is 4.57 Å². The number of rotatable bonds is 4. The zero-order valence-corrected chi connectivity index (χ0v) is 15.3. The van der Waals surface area contributed by atoms with Crippen LogP contribution in [-0.2, 0) is 24.2 Å². The monoisotopic (exact) mass is 369 g/mol. The van der Waals surface area contributed by atoms with Crippen molar-refractivity contribution >= 4 is 16.9 Å². The van der Waals surface area contributed by atoms with Gasteiger partial charge in [0.2, 0.25) is 0 Å². The number of aryl methyl sites for hydroxylation is 1. The van der Waals surface area contributed by atoms with E-state index >= 15 is 0 Å². The van der Waals surface area contributed by atoms with Crippen LogP contribution in [0, 0.1) is 0 Å². The van der Waals surface area contributed by atoms with Crippen molar-refractivity contribution in [2.75, 3.05) is 0 Å². The average Bonchev–Trinajstić information content (AvgIpc) is 3.29. The molecule has 1 aliphatic rings. The molecule has 0 unspecified atom stereocenters. The van der Waals surface area contributed by atoms with Crippen LogP contribution in [0.15, 0.2) is 77.2 Å². The van der Waals surface area contributed by atoms with Crippen LogP contribution in [0.3, 0.4) is 0 Å². The lowest BCUT2D eigenvalue weighted by Gasteiger charge is -2.19. The number of fused-ring (bicyclic) bond motifs is 4. The fourth-order valence-corrected chi connectivity index (χ4v) is 4.13. The molecule has 5 rings (SSSR count). The van der Waals surface area contributed by atoms with Crippen LogP contribution in [0.2, 0.25) is 0 Å². The zero-order valence-electron chi connectivity index (χ0n) is 15.3. The Bertz CT molecular complexity index is 1190. The molecule has 1 N–H and O–H groups in total. The summed E-state index contributed by atoms with van der Waals surface area (Å²) in [7, 11) is 0. The number of carboxylic acid groups (broad SMARTS) is 1. The van der Waals surface area contributed by atoms with Crippen LogP contribution < -0.4 is 0 Å². The minimum atomic E-state index is -0.934. The Morgan fingerprint density at radius 3 is 2.71 bits per heavy atom. The van der Waals surface area contributed by atoms with Gasteiger partial charge in [-0.1, -0.05) is 48.5 Å². The van der Waals surface area contributed by atoms with E-state index in [0.717, 1.165) is 35.3 Å². The van der Waals surface area contributed by atoms with E-state index in [0.29, 0.717) is 6.54 Å². The molecule has 0 spiro atoms. The van der Waals surface area contributed by atoms with E-state index in [4.69, 9.17) is 9.52 Å². The first-order chi connectivity index (χ1) is 13.7. The fourth-order valence-electron chi connectivity index (χ4n) is 4.13. The van der Waals surface area contributed by atoms with Gasteiger partial charge in [0.25, 0.3) is 0 Å². The van der Waals surface area contributed by atoms with Gasteiger partial charge in [0.15, 0.2) is 5.76 Å². The Morgan fingerprint density at radius 1 is 1.04 bits per heavy atom. The molecule has 138 valence electrons. The van der Waals surface area contributed by atoms with E-state index in [1.54, 1.807) is 6.08 Å². The van der Waals surface area contributed by atoms with Gasteiger partial charge in [-0.25, -0.2) is 4.79 Å². The van der Waals surface area contributed by atoms with Gasteiger partial charge in [-0.2, -0.15) is 0 Å². The van der Waals surface area contributed by atoms with Gasteiger partial charge in [0, 0.05) is 29.3 Å². The minimum absolute atomic E-state index is 0.496. The summed E-state index contributed by atoms with van der Waals surface area (Å²) in [6.07, 6.45) is 4.80. The number of para-hydroxylation sites is 1. The predicted molar refractivity (Wildman–Crippen MR) is 109 cm³/mol. The normalized spacial score (nSPS) is 13.0. The maximum Gasteiger partial charge on any atom is 0.328 e. The van der Waals surface area contributed by atoms with E-state index in [1.807, 2.05) is 24.3 Å².